The molecule has 0 saturated carbocycles. The molecule has 0 aliphatic carbocycles. The Morgan fingerprint density at radius 3 is 2.24 bits per heavy atom. The lowest BCUT2D eigenvalue weighted by molar-refractivity contribution is -0.113. The Labute approximate surface area is 150 Å². The summed E-state index contributed by atoms with van der Waals surface area (Å²) in [7, 11) is 1.65. The summed E-state index contributed by atoms with van der Waals surface area (Å²) in [5.74, 6) is 0.963. The van der Waals surface area contributed by atoms with Crippen LogP contribution in [0.2, 0.25) is 0 Å². The first-order valence-electron chi connectivity index (χ1n) is 8.54. The van der Waals surface area contributed by atoms with Gasteiger partial charge in [0, 0.05) is 6.42 Å². The van der Waals surface area contributed by atoms with Gasteiger partial charge in [0.2, 0.25) is 0 Å². The number of ketones is 1. The quantitative estimate of drug-likeness (QED) is 0.492. The number of Topliss-reactive ketones (excluding diaryl/α,β-unsaturated/α-hetero) is 1. The van der Waals surface area contributed by atoms with E-state index in [2.05, 4.69) is 31.2 Å². The molecule has 3 nitrogen and oxygen atoms in total. The van der Waals surface area contributed by atoms with E-state index < -0.39 is 0 Å². The molecule has 0 N–H and O–H groups in total. The third kappa shape index (κ3) is 6.55. The Balaban J connectivity index is 1.80. The number of hydrogen-bond donors (Lipinski definition) is 0. The summed E-state index contributed by atoms with van der Waals surface area (Å²) in [6, 6.07) is 16.1. The van der Waals surface area contributed by atoms with Crippen LogP contribution in [-0.4, -0.2) is 19.5 Å². The fourth-order valence-corrected chi connectivity index (χ4v) is 2.49. The van der Waals surface area contributed by atoms with E-state index >= 15 is 0 Å². The Bertz CT molecular complexity index is 697. The van der Waals surface area contributed by atoms with Gasteiger partial charge in [0.25, 0.3) is 0 Å². The predicted octanol–water partition coefficient (Wildman–Crippen LogP) is 4.67. The molecule has 0 amide bonds. The fraction of sp³-hybridized carbons (Fsp3) is 0.318. The molecule has 3 heteroatoms. The number of carbonyl (C=O) groups is 1. The average Bonchev–Trinajstić information content (AvgIpc) is 2.62. The number of benzene rings is 2. The Hall–Kier alpha value is -2.39. The molecule has 0 heterocycles. The van der Waals surface area contributed by atoms with Crippen molar-refractivity contribution in [3.05, 3.63) is 76.9 Å². The molecule has 0 bridgehead atoms. The van der Waals surface area contributed by atoms with E-state index in [0.29, 0.717) is 19.6 Å². The molecule has 0 fully saturated rings. The van der Waals surface area contributed by atoms with E-state index in [1.807, 2.05) is 30.3 Å². The zero-order chi connectivity index (χ0) is 18.1. The lowest BCUT2D eigenvalue weighted by Gasteiger charge is -2.07. The second-order valence-electron chi connectivity index (χ2n) is 6.14. The monoisotopic (exact) mass is 338 g/mol. The van der Waals surface area contributed by atoms with Crippen LogP contribution in [-0.2, 0) is 22.6 Å². The summed E-state index contributed by atoms with van der Waals surface area (Å²) < 4.78 is 10.8. The van der Waals surface area contributed by atoms with Gasteiger partial charge >= 0.3 is 0 Å². The molecular formula is C22H26O3. The standard InChI is InChI=1S/C22H26O3/c1-17-6-8-19(9-7-17)15-21(18(2)23)5-4-14-25-16-20-10-12-22(24-3)13-11-20/h5-13H,4,14-16H2,1-3H3/b21-5+. The zero-order valence-corrected chi connectivity index (χ0v) is 15.2. The number of rotatable bonds is 9. The number of ether oxygens (including phenoxy) is 2. The molecule has 0 atom stereocenters. The molecule has 2 aromatic rings. The minimum Gasteiger partial charge on any atom is -0.497 e. The van der Waals surface area contributed by atoms with Crippen LogP contribution in [0.3, 0.4) is 0 Å². The minimum absolute atomic E-state index is 0.121. The van der Waals surface area contributed by atoms with E-state index in [4.69, 9.17) is 9.47 Å². The van der Waals surface area contributed by atoms with Gasteiger partial charge in [-0.2, -0.15) is 0 Å². The van der Waals surface area contributed by atoms with Crippen molar-refractivity contribution in [3.8, 4) is 5.75 Å². The van der Waals surface area contributed by atoms with E-state index in [1.54, 1.807) is 14.0 Å². The summed E-state index contributed by atoms with van der Waals surface area (Å²) >= 11 is 0. The lowest BCUT2D eigenvalue weighted by atomic mass is 10.0. The number of methoxy groups -OCH3 is 1. The minimum atomic E-state index is 0.121. The summed E-state index contributed by atoms with van der Waals surface area (Å²) in [6.45, 7) is 4.84. The van der Waals surface area contributed by atoms with Crippen molar-refractivity contribution in [2.75, 3.05) is 13.7 Å². The Kier molecular flexibility index (Phi) is 7.42. The average molecular weight is 338 g/mol. The van der Waals surface area contributed by atoms with Crippen molar-refractivity contribution in [3.63, 3.8) is 0 Å². The van der Waals surface area contributed by atoms with Crippen LogP contribution in [0, 0.1) is 6.92 Å². The third-order valence-corrected chi connectivity index (χ3v) is 4.05. The molecule has 0 saturated heterocycles. The number of hydrogen-bond acceptors (Lipinski definition) is 3. The molecule has 2 aromatic carbocycles. The van der Waals surface area contributed by atoms with Crippen molar-refractivity contribution in [2.45, 2.75) is 33.3 Å². The topological polar surface area (TPSA) is 35.5 Å². The predicted molar refractivity (Wildman–Crippen MR) is 101 cm³/mol. The molecule has 25 heavy (non-hydrogen) atoms. The van der Waals surface area contributed by atoms with Gasteiger partial charge in [-0.1, -0.05) is 48.0 Å². The third-order valence-electron chi connectivity index (χ3n) is 4.05. The van der Waals surface area contributed by atoms with Gasteiger partial charge in [-0.05, 0) is 49.1 Å². The van der Waals surface area contributed by atoms with Gasteiger partial charge in [0.15, 0.2) is 5.78 Å². The maximum atomic E-state index is 11.8. The van der Waals surface area contributed by atoms with Crippen LogP contribution in [0.5, 0.6) is 5.75 Å². The summed E-state index contributed by atoms with van der Waals surface area (Å²) in [5.41, 5.74) is 4.34. The highest BCUT2D eigenvalue weighted by Crippen LogP contribution is 2.13. The Morgan fingerprint density at radius 2 is 1.64 bits per heavy atom. The van der Waals surface area contributed by atoms with Gasteiger partial charge < -0.3 is 9.47 Å². The summed E-state index contributed by atoms with van der Waals surface area (Å²) in [5, 5.41) is 0. The van der Waals surface area contributed by atoms with Crippen molar-refractivity contribution < 1.29 is 14.3 Å². The van der Waals surface area contributed by atoms with E-state index in [0.717, 1.165) is 28.9 Å². The molecular weight excluding hydrogens is 312 g/mol. The van der Waals surface area contributed by atoms with Gasteiger partial charge in [0.1, 0.15) is 5.75 Å². The van der Waals surface area contributed by atoms with Gasteiger partial charge in [-0.3, -0.25) is 4.79 Å². The van der Waals surface area contributed by atoms with Crippen molar-refractivity contribution in [1.82, 2.24) is 0 Å². The second kappa shape index (κ2) is 9.80. The highest BCUT2D eigenvalue weighted by Gasteiger charge is 2.05. The van der Waals surface area contributed by atoms with Crippen molar-refractivity contribution in [1.29, 1.82) is 0 Å². The van der Waals surface area contributed by atoms with E-state index in [1.165, 1.54) is 5.56 Å². The van der Waals surface area contributed by atoms with Crippen molar-refractivity contribution in [2.24, 2.45) is 0 Å². The lowest BCUT2D eigenvalue weighted by Crippen LogP contribution is -2.02. The van der Waals surface area contributed by atoms with Crippen LogP contribution < -0.4 is 4.74 Å². The van der Waals surface area contributed by atoms with Crippen LogP contribution in [0.1, 0.15) is 30.0 Å². The molecule has 132 valence electrons. The highest BCUT2D eigenvalue weighted by atomic mass is 16.5. The molecule has 0 unspecified atom stereocenters. The number of allylic oxidation sites excluding steroid dienone is 1. The van der Waals surface area contributed by atoms with Crippen molar-refractivity contribution >= 4 is 5.78 Å². The first kappa shape index (κ1) is 18.9. The molecule has 0 aliphatic rings. The smallest absolute Gasteiger partial charge is 0.155 e. The van der Waals surface area contributed by atoms with Gasteiger partial charge in [-0.15, -0.1) is 0 Å². The maximum absolute atomic E-state index is 11.8. The molecule has 0 radical (unpaired) electrons. The number of carbonyl (C=O) groups excluding carboxylic acids is 1. The van der Waals surface area contributed by atoms with Gasteiger partial charge in [0.05, 0.1) is 20.3 Å². The first-order valence-corrected chi connectivity index (χ1v) is 8.54. The fourth-order valence-electron chi connectivity index (χ4n) is 2.49. The molecule has 0 aromatic heterocycles. The van der Waals surface area contributed by atoms with Crippen LogP contribution >= 0.6 is 0 Å². The van der Waals surface area contributed by atoms with Crippen LogP contribution in [0.25, 0.3) is 0 Å². The summed E-state index contributed by atoms with van der Waals surface area (Å²) in [4.78, 5) is 11.8. The van der Waals surface area contributed by atoms with Crippen LogP contribution in [0.4, 0.5) is 0 Å². The summed E-state index contributed by atoms with van der Waals surface area (Å²) in [6.07, 6.45) is 3.40. The first-order chi connectivity index (χ1) is 12.1. The second-order valence-corrected chi connectivity index (χ2v) is 6.14. The van der Waals surface area contributed by atoms with Gasteiger partial charge in [-0.25, -0.2) is 0 Å². The largest absolute Gasteiger partial charge is 0.497 e. The molecule has 2 rings (SSSR count). The zero-order valence-electron chi connectivity index (χ0n) is 15.2. The molecule has 0 aliphatic heterocycles. The maximum Gasteiger partial charge on any atom is 0.155 e. The molecule has 0 spiro atoms. The highest BCUT2D eigenvalue weighted by molar-refractivity contribution is 5.93. The number of aryl methyl sites for hydroxylation is 1. The van der Waals surface area contributed by atoms with E-state index in [9.17, 15) is 4.79 Å². The van der Waals surface area contributed by atoms with Crippen LogP contribution in [0.15, 0.2) is 60.2 Å². The normalized spacial score (nSPS) is 11.4. The Morgan fingerprint density at radius 1 is 1.00 bits per heavy atom. The van der Waals surface area contributed by atoms with E-state index in [-0.39, 0.29) is 5.78 Å². The SMILES string of the molecule is COc1ccc(COCC/C=C(\Cc2ccc(C)cc2)C(C)=O)cc1.